The van der Waals surface area contributed by atoms with Crippen molar-refractivity contribution >= 4 is 50.7 Å². The maximum Gasteiger partial charge on any atom is 0.242 e. The number of halogens is 2. The van der Waals surface area contributed by atoms with Crippen molar-refractivity contribution in [3.8, 4) is 0 Å². The molecule has 0 heterocycles. The summed E-state index contributed by atoms with van der Waals surface area (Å²) in [4.78, 5) is 28.1. The predicted molar refractivity (Wildman–Crippen MR) is 152 cm³/mol. The van der Waals surface area contributed by atoms with Gasteiger partial charge < -0.3 is 10.2 Å². The number of unbranched alkanes of at least 4 members (excludes halogenated alkanes) is 1. The third-order valence-electron chi connectivity index (χ3n) is 6.05. The van der Waals surface area contributed by atoms with Crippen LogP contribution in [0.15, 0.2) is 42.5 Å². The minimum Gasteiger partial charge on any atom is -0.354 e. The molecule has 2 amide bonds. The first-order chi connectivity index (χ1) is 17.5. The van der Waals surface area contributed by atoms with Gasteiger partial charge in [-0.15, -0.1) is 0 Å². The average molecular weight is 571 g/mol. The fourth-order valence-electron chi connectivity index (χ4n) is 4.07. The summed E-state index contributed by atoms with van der Waals surface area (Å²) in [5.74, 6) is -0.504. The molecule has 204 valence electrons. The second-order valence-corrected chi connectivity index (χ2v) is 11.8. The van der Waals surface area contributed by atoms with Crippen molar-refractivity contribution in [2.24, 2.45) is 0 Å². The number of rotatable bonds is 14. The summed E-state index contributed by atoms with van der Waals surface area (Å²) in [7, 11) is -3.55. The zero-order valence-electron chi connectivity index (χ0n) is 22.0. The Bertz CT molecular complexity index is 1150. The van der Waals surface area contributed by atoms with Crippen LogP contribution in [0.3, 0.4) is 0 Å². The van der Waals surface area contributed by atoms with Gasteiger partial charge in [-0.2, -0.15) is 0 Å². The summed E-state index contributed by atoms with van der Waals surface area (Å²) >= 11 is 12.8. The molecule has 2 aromatic carbocycles. The Balaban J connectivity index is 2.25. The lowest BCUT2D eigenvalue weighted by atomic mass is 10.1. The second-order valence-electron chi connectivity index (χ2n) is 9.07. The number of hydrogen-bond acceptors (Lipinski definition) is 4. The van der Waals surface area contributed by atoms with Crippen LogP contribution in [0.1, 0.15) is 57.1 Å². The highest BCUT2D eigenvalue weighted by Crippen LogP contribution is 2.27. The third-order valence-corrected chi connectivity index (χ3v) is 7.95. The van der Waals surface area contributed by atoms with Crippen LogP contribution in [-0.4, -0.2) is 50.5 Å². The first-order valence-corrected chi connectivity index (χ1v) is 15.1. The third kappa shape index (κ3) is 9.20. The van der Waals surface area contributed by atoms with Crippen molar-refractivity contribution in [2.75, 3.05) is 23.7 Å². The molecule has 2 rings (SSSR count). The van der Waals surface area contributed by atoms with Gasteiger partial charge in [0.1, 0.15) is 6.04 Å². The van der Waals surface area contributed by atoms with Crippen molar-refractivity contribution in [2.45, 2.75) is 65.5 Å². The number of benzene rings is 2. The molecule has 0 saturated heterocycles. The van der Waals surface area contributed by atoms with Crippen molar-refractivity contribution in [1.29, 1.82) is 0 Å². The van der Waals surface area contributed by atoms with Crippen LogP contribution < -0.4 is 9.62 Å². The Morgan fingerprint density at radius 1 is 1.03 bits per heavy atom. The highest BCUT2D eigenvalue weighted by Gasteiger charge is 2.29. The van der Waals surface area contributed by atoms with E-state index in [9.17, 15) is 18.0 Å². The normalized spacial score (nSPS) is 12.2. The summed E-state index contributed by atoms with van der Waals surface area (Å²) in [5, 5.41) is 3.74. The molecular weight excluding hydrogens is 533 g/mol. The Morgan fingerprint density at radius 3 is 2.24 bits per heavy atom. The average Bonchev–Trinajstić information content (AvgIpc) is 2.82. The molecule has 0 unspecified atom stereocenters. The van der Waals surface area contributed by atoms with E-state index in [4.69, 9.17) is 23.2 Å². The molecule has 0 aromatic heterocycles. The zero-order valence-corrected chi connectivity index (χ0v) is 24.3. The molecule has 0 bridgehead atoms. The van der Waals surface area contributed by atoms with E-state index in [1.807, 2.05) is 26.8 Å². The number of nitrogens with one attached hydrogen (secondary N) is 1. The predicted octanol–water partition coefficient (Wildman–Crippen LogP) is 5.57. The van der Waals surface area contributed by atoms with Gasteiger partial charge in [-0.1, -0.05) is 61.7 Å². The summed E-state index contributed by atoms with van der Waals surface area (Å²) in [6.07, 6.45) is 3.67. The molecule has 2 aromatic rings. The van der Waals surface area contributed by atoms with Gasteiger partial charge in [0.25, 0.3) is 0 Å². The standard InChI is InChI=1S/C27H37Cl2N3O4S/c1-5-7-16-30-27(34)25(6-2)31(19-22-23(28)13-9-14-24(22)29)26(33)15-10-17-32(37(4,35)36)21-12-8-11-20(3)18-21/h8-9,11-14,18,25H,5-7,10,15-17,19H2,1-4H3,(H,30,34)/t25-/m1/s1. The molecule has 0 saturated carbocycles. The molecule has 0 aliphatic carbocycles. The number of nitrogens with zero attached hydrogens (tertiary/aromatic N) is 2. The Morgan fingerprint density at radius 2 is 1.68 bits per heavy atom. The van der Waals surface area contributed by atoms with Gasteiger partial charge in [-0.05, 0) is 56.0 Å². The molecule has 37 heavy (non-hydrogen) atoms. The Labute approximate surface area is 231 Å². The summed E-state index contributed by atoms with van der Waals surface area (Å²) in [6, 6.07) is 11.6. The largest absolute Gasteiger partial charge is 0.354 e. The van der Waals surface area contributed by atoms with E-state index in [0.717, 1.165) is 24.7 Å². The molecule has 0 spiro atoms. The number of aryl methyl sites for hydroxylation is 1. The van der Waals surface area contributed by atoms with Crippen LogP contribution >= 0.6 is 23.2 Å². The van der Waals surface area contributed by atoms with Crippen molar-refractivity contribution in [3.05, 3.63) is 63.6 Å². The lowest BCUT2D eigenvalue weighted by molar-refractivity contribution is -0.141. The molecule has 1 N–H and O–H groups in total. The first kappa shape index (κ1) is 30.9. The van der Waals surface area contributed by atoms with Gasteiger partial charge in [0, 0.05) is 41.7 Å². The lowest BCUT2D eigenvalue weighted by Gasteiger charge is -2.31. The number of hydrogen-bond donors (Lipinski definition) is 1. The summed E-state index contributed by atoms with van der Waals surface area (Å²) in [5.41, 5.74) is 2.05. The topological polar surface area (TPSA) is 86.8 Å². The van der Waals surface area contributed by atoms with Crippen LogP contribution in [0, 0.1) is 6.92 Å². The van der Waals surface area contributed by atoms with Crippen molar-refractivity contribution < 1.29 is 18.0 Å². The number of anilines is 1. The van der Waals surface area contributed by atoms with Crippen LogP contribution in [0.2, 0.25) is 10.0 Å². The van der Waals surface area contributed by atoms with E-state index in [-0.39, 0.29) is 37.7 Å². The zero-order chi connectivity index (χ0) is 27.6. The fourth-order valence-corrected chi connectivity index (χ4v) is 5.54. The number of sulfonamides is 1. The van der Waals surface area contributed by atoms with Gasteiger partial charge in [0.05, 0.1) is 11.9 Å². The van der Waals surface area contributed by atoms with Gasteiger partial charge in [0.2, 0.25) is 21.8 Å². The van der Waals surface area contributed by atoms with Gasteiger partial charge in [0.15, 0.2) is 0 Å². The Kier molecular flexibility index (Phi) is 12.2. The fraction of sp³-hybridized carbons (Fsp3) is 0.481. The molecular formula is C27H37Cl2N3O4S. The van der Waals surface area contributed by atoms with Gasteiger partial charge in [-0.3, -0.25) is 13.9 Å². The van der Waals surface area contributed by atoms with Crippen LogP contribution in [0.5, 0.6) is 0 Å². The van der Waals surface area contributed by atoms with E-state index in [2.05, 4.69) is 5.32 Å². The van der Waals surface area contributed by atoms with Gasteiger partial charge >= 0.3 is 0 Å². The maximum atomic E-state index is 13.5. The highest BCUT2D eigenvalue weighted by atomic mass is 35.5. The molecule has 7 nitrogen and oxygen atoms in total. The van der Waals surface area contributed by atoms with Crippen LogP contribution in [0.25, 0.3) is 0 Å². The molecule has 0 aliphatic heterocycles. The smallest absolute Gasteiger partial charge is 0.242 e. The molecule has 10 heteroatoms. The molecule has 0 radical (unpaired) electrons. The van der Waals surface area contributed by atoms with Crippen LogP contribution in [0.4, 0.5) is 5.69 Å². The second kappa shape index (κ2) is 14.6. The lowest BCUT2D eigenvalue weighted by Crippen LogP contribution is -2.49. The Hall–Kier alpha value is -2.29. The van der Waals surface area contributed by atoms with E-state index < -0.39 is 16.1 Å². The molecule has 0 fully saturated rings. The quantitative estimate of drug-likeness (QED) is 0.301. The van der Waals surface area contributed by atoms with E-state index >= 15 is 0 Å². The summed E-state index contributed by atoms with van der Waals surface area (Å²) in [6.45, 7) is 6.51. The number of amides is 2. The van der Waals surface area contributed by atoms with E-state index in [0.29, 0.717) is 34.3 Å². The SMILES string of the molecule is CCCCNC(=O)[C@@H](CC)N(Cc1c(Cl)cccc1Cl)C(=O)CCCN(c1cccc(C)c1)S(C)(=O)=O. The minimum atomic E-state index is -3.55. The first-order valence-electron chi connectivity index (χ1n) is 12.5. The monoisotopic (exact) mass is 569 g/mol. The number of carbonyl (C=O) groups excluding carboxylic acids is 2. The van der Waals surface area contributed by atoms with E-state index in [1.165, 1.54) is 9.21 Å². The highest BCUT2D eigenvalue weighted by molar-refractivity contribution is 7.92. The van der Waals surface area contributed by atoms with Crippen LogP contribution in [-0.2, 0) is 26.2 Å². The van der Waals surface area contributed by atoms with Crippen molar-refractivity contribution in [1.82, 2.24) is 10.2 Å². The minimum absolute atomic E-state index is 0.0542. The molecule has 1 atom stereocenters. The molecule has 0 aliphatic rings. The van der Waals surface area contributed by atoms with Gasteiger partial charge in [-0.25, -0.2) is 8.42 Å². The maximum absolute atomic E-state index is 13.5. The summed E-state index contributed by atoms with van der Waals surface area (Å²) < 4.78 is 26.3. The number of carbonyl (C=O) groups is 2. The van der Waals surface area contributed by atoms with Crippen molar-refractivity contribution in [3.63, 3.8) is 0 Å². The van der Waals surface area contributed by atoms with E-state index in [1.54, 1.807) is 36.4 Å².